The lowest BCUT2D eigenvalue weighted by molar-refractivity contribution is 0.108. The van der Waals surface area contributed by atoms with Crippen molar-refractivity contribution >= 4 is 16.7 Å². The molecule has 1 aromatic carbocycles. The quantitative estimate of drug-likeness (QED) is 0.418. The van der Waals surface area contributed by atoms with Crippen LogP contribution in [0.1, 0.15) is 62.5 Å². The molecule has 0 amide bonds. The van der Waals surface area contributed by atoms with Crippen molar-refractivity contribution in [1.29, 1.82) is 0 Å². The maximum absolute atomic E-state index is 16.9. The van der Waals surface area contributed by atoms with Crippen LogP contribution < -0.4 is 14.4 Å². The molecular formula is C33H37F2N5O4. The molecule has 1 aliphatic carbocycles. The van der Waals surface area contributed by atoms with Crippen LogP contribution in [0.3, 0.4) is 0 Å². The Morgan fingerprint density at radius 2 is 2.07 bits per heavy atom. The van der Waals surface area contributed by atoms with Crippen molar-refractivity contribution in [3.63, 3.8) is 0 Å². The number of aromatic nitrogens is 3. The summed E-state index contributed by atoms with van der Waals surface area (Å²) < 4.78 is 48.9. The lowest BCUT2D eigenvalue weighted by Gasteiger charge is -2.31. The second-order valence-corrected chi connectivity index (χ2v) is 13.1. The van der Waals surface area contributed by atoms with Gasteiger partial charge in [0.2, 0.25) is 5.88 Å². The number of phenolic OH excluding ortho intramolecular Hbond substituents is 1. The van der Waals surface area contributed by atoms with E-state index in [9.17, 15) is 9.50 Å². The van der Waals surface area contributed by atoms with Gasteiger partial charge in [0, 0.05) is 25.3 Å². The van der Waals surface area contributed by atoms with Gasteiger partial charge in [-0.05, 0) is 86.2 Å². The van der Waals surface area contributed by atoms with Crippen LogP contribution in [0.5, 0.6) is 17.6 Å². The molecule has 3 fully saturated rings. The second-order valence-electron chi connectivity index (χ2n) is 13.1. The van der Waals surface area contributed by atoms with E-state index >= 15 is 4.39 Å². The number of nitrogens with zero attached hydrogens (tertiary/aromatic N) is 5. The van der Waals surface area contributed by atoms with Gasteiger partial charge in [-0.25, -0.2) is 13.8 Å². The monoisotopic (exact) mass is 605 g/mol. The highest BCUT2D eigenvalue weighted by molar-refractivity contribution is 5.97. The first-order chi connectivity index (χ1) is 21.4. The first-order valence-corrected chi connectivity index (χ1v) is 15.8. The Bertz CT molecular complexity index is 1670. The van der Waals surface area contributed by atoms with Gasteiger partial charge < -0.3 is 24.2 Å². The first kappa shape index (κ1) is 27.9. The zero-order valence-electron chi connectivity index (χ0n) is 25.0. The van der Waals surface area contributed by atoms with Crippen LogP contribution in [0.15, 0.2) is 24.0 Å². The Balaban J connectivity index is 1.29. The molecule has 44 heavy (non-hydrogen) atoms. The number of ether oxygens (including phenoxy) is 3. The lowest BCUT2D eigenvalue weighted by atomic mass is 9.80. The predicted octanol–water partition coefficient (Wildman–Crippen LogP) is 5.43. The van der Waals surface area contributed by atoms with Crippen molar-refractivity contribution in [2.45, 2.75) is 69.4 Å². The minimum atomic E-state index is -0.597. The highest BCUT2D eigenvalue weighted by Crippen LogP contribution is 2.46. The highest BCUT2D eigenvalue weighted by Gasteiger charge is 2.47. The molecule has 6 heterocycles. The summed E-state index contributed by atoms with van der Waals surface area (Å²) >= 11 is 0. The molecule has 232 valence electrons. The van der Waals surface area contributed by atoms with Gasteiger partial charge in [-0.2, -0.15) is 9.97 Å². The van der Waals surface area contributed by atoms with Crippen LogP contribution in [0.25, 0.3) is 22.2 Å². The van der Waals surface area contributed by atoms with Crippen LogP contribution in [0.2, 0.25) is 0 Å². The van der Waals surface area contributed by atoms with E-state index in [0.29, 0.717) is 62.4 Å². The van der Waals surface area contributed by atoms with E-state index < -0.39 is 5.82 Å². The number of halogens is 2. The van der Waals surface area contributed by atoms with Crippen molar-refractivity contribution in [3.8, 4) is 28.9 Å². The number of aromatic hydroxyl groups is 1. The van der Waals surface area contributed by atoms with Crippen LogP contribution in [-0.4, -0.2) is 82.6 Å². The summed E-state index contributed by atoms with van der Waals surface area (Å²) in [6.07, 6.45) is 6.80. The fourth-order valence-corrected chi connectivity index (χ4v) is 8.16. The van der Waals surface area contributed by atoms with Gasteiger partial charge in [-0.1, -0.05) is 6.92 Å². The Kier molecular flexibility index (Phi) is 6.86. The standard InChI is InChI=1S/C33H37F2N5O4/c1-19-5-2-6-21-11-23(41)12-24(25(19)21)28-27(35)29-26-30(40-9-4-10-42-16-22(40)17-43-31(26)36-28)38-32(37-29)44-18-33-7-3-8-39(33)15-20(13-33)14-34/h11-12,14,19,22,41H,2-10,13,15-18H2,1H3/b20-14-/t19-,22+,33+/m1/s1. The number of anilines is 1. The van der Waals surface area contributed by atoms with Crippen LogP contribution in [0.4, 0.5) is 14.6 Å². The van der Waals surface area contributed by atoms with Crippen LogP contribution in [0, 0.1) is 5.82 Å². The highest BCUT2D eigenvalue weighted by atomic mass is 19.1. The number of hydrogen-bond donors (Lipinski definition) is 1. The maximum atomic E-state index is 16.9. The number of pyridine rings is 1. The van der Waals surface area contributed by atoms with Gasteiger partial charge in [0.15, 0.2) is 5.82 Å². The van der Waals surface area contributed by atoms with E-state index in [-0.39, 0.29) is 53.0 Å². The molecular weight excluding hydrogens is 568 g/mol. The summed E-state index contributed by atoms with van der Waals surface area (Å²) in [6, 6.07) is 3.32. The Morgan fingerprint density at radius 3 is 2.95 bits per heavy atom. The number of phenols is 1. The van der Waals surface area contributed by atoms with E-state index in [1.807, 2.05) is 0 Å². The zero-order valence-corrected chi connectivity index (χ0v) is 25.0. The average Bonchev–Trinajstić information content (AvgIpc) is 3.41. The molecule has 3 saturated heterocycles. The number of benzene rings is 1. The molecule has 0 bridgehead atoms. The maximum Gasteiger partial charge on any atom is 0.319 e. The zero-order chi connectivity index (χ0) is 30.0. The fourth-order valence-electron chi connectivity index (χ4n) is 8.16. The van der Waals surface area contributed by atoms with Gasteiger partial charge in [-0.15, -0.1) is 0 Å². The van der Waals surface area contributed by atoms with Crippen molar-refractivity contribution < 1.29 is 28.1 Å². The van der Waals surface area contributed by atoms with E-state index in [2.05, 4.69) is 21.7 Å². The number of rotatable bonds is 4. The van der Waals surface area contributed by atoms with E-state index in [1.54, 1.807) is 12.1 Å². The Hall–Kier alpha value is -3.57. The molecule has 5 aliphatic rings. The predicted molar refractivity (Wildman–Crippen MR) is 161 cm³/mol. The normalized spacial score (nSPS) is 27.4. The topological polar surface area (TPSA) is 93.1 Å². The molecule has 9 nitrogen and oxygen atoms in total. The smallest absolute Gasteiger partial charge is 0.319 e. The van der Waals surface area contributed by atoms with Gasteiger partial charge in [0.25, 0.3) is 0 Å². The summed E-state index contributed by atoms with van der Waals surface area (Å²) in [4.78, 5) is 18.7. The molecule has 11 heteroatoms. The van der Waals surface area contributed by atoms with Crippen molar-refractivity contribution in [2.24, 2.45) is 0 Å². The van der Waals surface area contributed by atoms with Gasteiger partial charge in [-0.3, -0.25) is 4.90 Å². The van der Waals surface area contributed by atoms with Crippen LogP contribution in [-0.2, 0) is 11.2 Å². The molecule has 3 atom stereocenters. The number of hydrogen-bond acceptors (Lipinski definition) is 9. The number of aryl methyl sites for hydroxylation is 1. The first-order valence-electron chi connectivity index (χ1n) is 15.8. The second kappa shape index (κ2) is 10.8. The van der Waals surface area contributed by atoms with Crippen molar-refractivity contribution in [2.75, 3.05) is 51.0 Å². The number of fused-ring (bicyclic) bond motifs is 4. The molecule has 0 saturated carbocycles. The summed E-state index contributed by atoms with van der Waals surface area (Å²) in [7, 11) is 0. The molecule has 4 aliphatic heterocycles. The van der Waals surface area contributed by atoms with E-state index in [0.717, 1.165) is 61.8 Å². The minimum absolute atomic E-state index is 0.0746. The summed E-state index contributed by atoms with van der Waals surface area (Å²) in [6.45, 7) is 5.91. The van der Waals surface area contributed by atoms with Crippen molar-refractivity contribution in [3.05, 3.63) is 41.0 Å². The Labute approximate surface area is 254 Å². The molecule has 8 rings (SSSR count). The lowest BCUT2D eigenvalue weighted by Crippen LogP contribution is -2.43. The molecule has 0 spiro atoms. The molecule has 2 aromatic heterocycles. The fraction of sp³-hybridized carbons (Fsp3) is 0.545. The van der Waals surface area contributed by atoms with Crippen LogP contribution >= 0.6 is 0 Å². The van der Waals surface area contributed by atoms with Gasteiger partial charge in [0.05, 0.1) is 24.5 Å². The molecule has 1 N–H and O–H groups in total. The summed E-state index contributed by atoms with van der Waals surface area (Å²) in [5.74, 6) is 0.455. The Morgan fingerprint density at radius 1 is 1.16 bits per heavy atom. The average molecular weight is 606 g/mol. The third-order valence-corrected chi connectivity index (χ3v) is 10.2. The van der Waals surface area contributed by atoms with Crippen molar-refractivity contribution in [1.82, 2.24) is 19.9 Å². The van der Waals surface area contributed by atoms with Gasteiger partial charge in [0.1, 0.15) is 41.4 Å². The summed E-state index contributed by atoms with van der Waals surface area (Å²) in [5, 5.41) is 11.1. The molecule has 0 radical (unpaired) electrons. The van der Waals surface area contributed by atoms with E-state index in [4.69, 9.17) is 24.2 Å². The molecule has 3 aromatic rings. The largest absolute Gasteiger partial charge is 0.508 e. The third-order valence-electron chi connectivity index (χ3n) is 10.2. The van der Waals surface area contributed by atoms with E-state index in [1.165, 1.54) is 0 Å². The SMILES string of the molecule is C[C@@H]1CCCc2cc(O)cc(-c3nc4c5c(nc(OC[C@@]67CCCN6C/C(=C\F)C7)nc5c3F)N3CCCOC[C@H]3CO4)c21. The minimum Gasteiger partial charge on any atom is -0.508 e. The summed E-state index contributed by atoms with van der Waals surface area (Å²) in [5.41, 5.74) is 3.21. The molecule has 0 unspecified atom stereocenters. The third kappa shape index (κ3) is 4.50. The van der Waals surface area contributed by atoms with Gasteiger partial charge >= 0.3 is 6.01 Å².